The van der Waals surface area contributed by atoms with Crippen molar-refractivity contribution in [3.05, 3.63) is 0 Å². The molecule has 0 radical (unpaired) electrons. The van der Waals surface area contributed by atoms with E-state index >= 15 is 0 Å². The van der Waals surface area contributed by atoms with E-state index in [-0.39, 0.29) is 0 Å². The number of fused-ring (bicyclic) bond motifs is 1. The summed E-state index contributed by atoms with van der Waals surface area (Å²) >= 11 is 2.22. The first-order valence-corrected chi connectivity index (χ1v) is 6.65. The second kappa shape index (κ2) is 4.22. The van der Waals surface area contributed by atoms with Crippen LogP contribution in [-0.2, 0) is 0 Å². The van der Waals surface area contributed by atoms with Crippen molar-refractivity contribution in [3.8, 4) is 0 Å². The van der Waals surface area contributed by atoms with E-state index in [1.54, 1.807) is 0 Å². The molecular formula is C11H21NS. The zero-order chi connectivity index (χ0) is 9.26. The summed E-state index contributed by atoms with van der Waals surface area (Å²) in [5.41, 5.74) is 0. The van der Waals surface area contributed by atoms with Gasteiger partial charge in [0.1, 0.15) is 0 Å². The van der Waals surface area contributed by atoms with Crippen LogP contribution >= 0.6 is 11.8 Å². The predicted octanol–water partition coefficient (Wildman–Crippen LogP) is 2.52. The molecule has 76 valence electrons. The molecule has 1 aliphatic heterocycles. The van der Waals surface area contributed by atoms with Crippen molar-refractivity contribution in [2.45, 2.75) is 44.4 Å². The van der Waals surface area contributed by atoms with Crippen LogP contribution in [0.4, 0.5) is 0 Å². The quantitative estimate of drug-likeness (QED) is 0.643. The number of thioether (sulfide) groups is 1. The maximum absolute atomic E-state index is 3.73. The third-order valence-corrected chi connectivity index (χ3v) is 5.09. The SMILES string of the molecule is CC1CNC2CCC(C)CC2SC1. The Kier molecular flexibility index (Phi) is 3.20. The van der Waals surface area contributed by atoms with E-state index in [0.717, 1.165) is 23.1 Å². The molecule has 13 heavy (non-hydrogen) atoms. The fraction of sp³-hybridized carbons (Fsp3) is 1.00. The second-order valence-electron chi connectivity index (χ2n) is 4.91. The molecule has 2 heteroatoms. The van der Waals surface area contributed by atoms with E-state index in [1.165, 1.54) is 31.6 Å². The van der Waals surface area contributed by atoms with Gasteiger partial charge >= 0.3 is 0 Å². The average molecular weight is 199 g/mol. The maximum atomic E-state index is 3.73. The molecule has 4 atom stereocenters. The Morgan fingerprint density at radius 1 is 1.15 bits per heavy atom. The van der Waals surface area contributed by atoms with Gasteiger partial charge in [0.15, 0.2) is 0 Å². The predicted molar refractivity (Wildman–Crippen MR) is 60.2 cm³/mol. The Labute approximate surface area is 86.0 Å². The molecule has 0 spiro atoms. The summed E-state index contributed by atoms with van der Waals surface area (Å²) < 4.78 is 0. The fourth-order valence-corrected chi connectivity index (χ4v) is 4.07. The molecule has 2 aliphatic rings. The van der Waals surface area contributed by atoms with Crippen LogP contribution in [0.5, 0.6) is 0 Å². The van der Waals surface area contributed by atoms with E-state index in [1.807, 2.05) is 0 Å². The molecule has 2 fully saturated rings. The van der Waals surface area contributed by atoms with Crippen molar-refractivity contribution in [1.82, 2.24) is 5.32 Å². The van der Waals surface area contributed by atoms with Crippen molar-refractivity contribution in [2.75, 3.05) is 12.3 Å². The zero-order valence-corrected chi connectivity index (χ0v) is 9.57. The van der Waals surface area contributed by atoms with Crippen molar-refractivity contribution in [1.29, 1.82) is 0 Å². The smallest absolute Gasteiger partial charge is 0.0203 e. The molecular weight excluding hydrogens is 178 g/mol. The number of rotatable bonds is 0. The molecule has 0 aromatic rings. The first-order valence-electron chi connectivity index (χ1n) is 5.60. The lowest BCUT2D eigenvalue weighted by Crippen LogP contribution is -2.41. The molecule has 1 saturated heterocycles. The molecule has 1 saturated carbocycles. The standard InChI is InChI=1S/C11H21NS/c1-8-3-4-10-11(5-8)13-7-9(2)6-12-10/h8-12H,3-7H2,1-2H3. The highest BCUT2D eigenvalue weighted by Crippen LogP contribution is 2.34. The van der Waals surface area contributed by atoms with Crippen LogP contribution in [0.3, 0.4) is 0 Å². The lowest BCUT2D eigenvalue weighted by Gasteiger charge is -2.33. The van der Waals surface area contributed by atoms with Crippen molar-refractivity contribution in [3.63, 3.8) is 0 Å². The summed E-state index contributed by atoms with van der Waals surface area (Å²) in [7, 11) is 0. The number of hydrogen-bond acceptors (Lipinski definition) is 2. The number of hydrogen-bond donors (Lipinski definition) is 1. The Balaban J connectivity index is 1.95. The van der Waals surface area contributed by atoms with Gasteiger partial charge in [0.05, 0.1) is 0 Å². The third kappa shape index (κ3) is 2.41. The Morgan fingerprint density at radius 2 is 2.00 bits per heavy atom. The van der Waals surface area contributed by atoms with Gasteiger partial charge < -0.3 is 5.32 Å². The maximum Gasteiger partial charge on any atom is 0.0203 e. The minimum absolute atomic E-state index is 0.825. The highest BCUT2D eigenvalue weighted by Gasteiger charge is 2.30. The average Bonchev–Trinajstić information content (AvgIpc) is 2.29. The van der Waals surface area contributed by atoms with Gasteiger partial charge in [-0.3, -0.25) is 0 Å². The lowest BCUT2D eigenvalue weighted by atomic mass is 9.87. The topological polar surface area (TPSA) is 12.0 Å². The first-order chi connectivity index (χ1) is 6.25. The molecule has 2 rings (SSSR count). The van der Waals surface area contributed by atoms with Crippen molar-refractivity contribution in [2.24, 2.45) is 11.8 Å². The van der Waals surface area contributed by atoms with Crippen LogP contribution < -0.4 is 5.32 Å². The van der Waals surface area contributed by atoms with Crippen LogP contribution in [0, 0.1) is 11.8 Å². The van der Waals surface area contributed by atoms with Gasteiger partial charge in [-0.2, -0.15) is 11.8 Å². The monoisotopic (exact) mass is 199 g/mol. The van der Waals surface area contributed by atoms with Crippen molar-refractivity contribution < 1.29 is 0 Å². The van der Waals surface area contributed by atoms with Crippen LogP contribution in [-0.4, -0.2) is 23.6 Å². The van der Waals surface area contributed by atoms with Crippen molar-refractivity contribution >= 4 is 11.8 Å². The molecule has 0 aromatic heterocycles. The third-order valence-electron chi connectivity index (χ3n) is 3.38. The molecule has 0 bridgehead atoms. The number of nitrogens with one attached hydrogen (secondary N) is 1. The van der Waals surface area contributed by atoms with Gasteiger partial charge in [-0.15, -0.1) is 0 Å². The Bertz CT molecular complexity index is 171. The minimum Gasteiger partial charge on any atom is -0.313 e. The van der Waals surface area contributed by atoms with Crippen LogP contribution in [0.2, 0.25) is 0 Å². The van der Waals surface area contributed by atoms with Gasteiger partial charge in [-0.25, -0.2) is 0 Å². The van der Waals surface area contributed by atoms with E-state index in [0.29, 0.717) is 0 Å². The summed E-state index contributed by atoms with van der Waals surface area (Å²) in [5.74, 6) is 3.19. The second-order valence-corrected chi connectivity index (χ2v) is 6.18. The lowest BCUT2D eigenvalue weighted by molar-refractivity contribution is 0.315. The summed E-state index contributed by atoms with van der Waals surface area (Å²) in [6.45, 7) is 6.01. The van der Waals surface area contributed by atoms with Crippen LogP contribution in [0.1, 0.15) is 33.1 Å². The van der Waals surface area contributed by atoms with Gasteiger partial charge in [-0.05, 0) is 43.4 Å². The van der Waals surface area contributed by atoms with E-state index < -0.39 is 0 Å². The van der Waals surface area contributed by atoms with Crippen LogP contribution in [0.15, 0.2) is 0 Å². The van der Waals surface area contributed by atoms with Crippen LogP contribution in [0.25, 0.3) is 0 Å². The van der Waals surface area contributed by atoms with Gasteiger partial charge in [0, 0.05) is 11.3 Å². The highest BCUT2D eigenvalue weighted by molar-refractivity contribution is 7.99. The minimum atomic E-state index is 0.825. The summed E-state index contributed by atoms with van der Waals surface area (Å²) in [6.07, 6.45) is 4.28. The molecule has 1 N–H and O–H groups in total. The van der Waals surface area contributed by atoms with Gasteiger partial charge in [0.2, 0.25) is 0 Å². The zero-order valence-electron chi connectivity index (χ0n) is 8.75. The Morgan fingerprint density at radius 3 is 2.85 bits per heavy atom. The molecule has 0 aromatic carbocycles. The molecule has 0 amide bonds. The molecule has 4 unspecified atom stereocenters. The van der Waals surface area contributed by atoms with E-state index in [9.17, 15) is 0 Å². The molecule has 1 heterocycles. The largest absolute Gasteiger partial charge is 0.313 e. The Hall–Kier alpha value is 0.310. The summed E-state index contributed by atoms with van der Waals surface area (Å²) in [4.78, 5) is 0. The molecule has 1 nitrogen and oxygen atoms in total. The fourth-order valence-electron chi connectivity index (χ4n) is 2.45. The normalized spacial score (nSPS) is 46.6. The summed E-state index contributed by atoms with van der Waals surface area (Å²) in [5, 5.41) is 4.64. The molecule has 1 aliphatic carbocycles. The summed E-state index contributed by atoms with van der Waals surface area (Å²) in [6, 6.07) is 0.825. The van der Waals surface area contributed by atoms with Gasteiger partial charge in [0.25, 0.3) is 0 Å². The van der Waals surface area contributed by atoms with E-state index in [4.69, 9.17) is 0 Å². The van der Waals surface area contributed by atoms with E-state index in [2.05, 4.69) is 30.9 Å². The van der Waals surface area contributed by atoms with Gasteiger partial charge in [-0.1, -0.05) is 13.8 Å². The highest BCUT2D eigenvalue weighted by atomic mass is 32.2. The first kappa shape index (κ1) is 9.85.